The van der Waals surface area contributed by atoms with Gasteiger partial charge in [-0.15, -0.1) is 0 Å². The van der Waals surface area contributed by atoms with Gasteiger partial charge >= 0.3 is 5.82 Å². The Morgan fingerprint density at radius 1 is 1.62 bits per heavy atom. The fraction of sp³-hybridized carbons (Fsp3) is 0.182. The lowest BCUT2D eigenvalue weighted by atomic mass is 10.2. The molecule has 0 aliphatic heterocycles. The number of aromatic hydroxyl groups is 1. The van der Waals surface area contributed by atoms with Crippen molar-refractivity contribution in [3.8, 4) is 5.75 Å². The predicted octanol–water partition coefficient (Wildman–Crippen LogP) is 1.88. The monoisotopic (exact) mass is 215 g/mol. The summed E-state index contributed by atoms with van der Waals surface area (Å²) in [6.45, 7) is 8.57. The number of carbonyl (C=O) groups excluding carboxylic acids is 1. The highest BCUT2D eigenvalue weighted by atomic mass is 16.3. The summed E-state index contributed by atoms with van der Waals surface area (Å²) < 4.78 is 1.48. The van der Waals surface area contributed by atoms with Gasteiger partial charge < -0.3 is 9.95 Å². The van der Waals surface area contributed by atoms with E-state index >= 15 is 0 Å². The van der Waals surface area contributed by atoms with Gasteiger partial charge in [-0.1, -0.05) is 6.57 Å². The number of hydrogen-bond acceptors (Lipinski definition) is 3. The van der Waals surface area contributed by atoms with E-state index in [1.165, 1.54) is 23.7 Å². The normalized spacial score (nSPS) is 10.2. The minimum atomic E-state index is -0.0333. The minimum Gasteiger partial charge on any atom is -0.508 e. The van der Waals surface area contributed by atoms with Crippen LogP contribution in [0.25, 0.3) is 15.7 Å². The maximum atomic E-state index is 11.0. The lowest BCUT2D eigenvalue weighted by Gasteiger charge is -1.96. The molecule has 0 atom stereocenters. The van der Waals surface area contributed by atoms with E-state index in [-0.39, 0.29) is 23.9 Å². The molecule has 5 heteroatoms. The number of benzene rings is 1. The van der Waals surface area contributed by atoms with Gasteiger partial charge in [-0.2, -0.15) is 4.68 Å². The third-order valence-electron chi connectivity index (χ3n) is 2.19. The Morgan fingerprint density at radius 2 is 2.38 bits per heavy atom. The molecule has 0 aliphatic carbocycles. The van der Waals surface area contributed by atoms with Gasteiger partial charge in [0.2, 0.25) is 0 Å². The number of Topliss-reactive ketones (excluding diaryl/α,β-unsaturated/α-hetero) is 1. The molecule has 1 aromatic carbocycles. The zero-order valence-electron chi connectivity index (χ0n) is 8.64. The Labute approximate surface area is 91.7 Å². The highest BCUT2D eigenvalue weighted by Crippen LogP contribution is 2.28. The zero-order chi connectivity index (χ0) is 11.7. The fourth-order valence-corrected chi connectivity index (χ4v) is 1.56. The fourth-order valence-electron chi connectivity index (χ4n) is 1.56. The van der Waals surface area contributed by atoms with Crippen molar-refractivity contribution < 1.29 is 9.90 Å². The topological polar surface area (TPSA) is 59.5 Å². The maximum Gasteiger partial charge on any atom is 0.303 e. The van der Waals surface area contributed by atoms with E-state index in [1.807, 2.05) is 0 Å². The van der Waals surface area contributed by atoms with Gasteiger partial charge in [-0.25, -0.2) is 0 Å². The maximum absolute atomic E-state index is 11.0. The molecule has 2 rings (SSSR count). The molecule has 1 N–H and O–H groups in total. The van der Waals surface area contributed by atoms with Crippen LogP contribution in [-0.2, 0) is 11.3 Å². The Balaban J connectivity index is 2.69. The third-order valence-corrected chi connectivity index (χ3v) is 2.19. The van der Waals surface area contributed by atoms with Crippen LogP contribution in [0.15, 0.2) is 18.2 Å². The number of rotatable bonds is 2. The molecule has 0 radical (unpaired) electrons. The largest absolute Gasteiger partial charge is 0.508 e. The van der Waals surface area contributed by atoms with Crippen molar-refractivity contribution >= 4 is 22.5 Å². The second-order valence-corrected chi connectivity index (χ2v) is 3.50. The van der Waals surface area contributed by atoms with Gasteiger partial charge in [0.25, 0.3) is 0 Å². The van der Waals surface area contributed by atoms with Crippen LogP contribution in [0.1, 0.15) is 6.92 Å². The summed E-state index contributed by atoms with van der Waals surface area (Å²) in [5.41, 5.74) is 0.680. The van der Waals surface area contributed by atoms with Crippen molar-refractivity contribution in [1.82, 2.24) is 9.78 Å². The van der Waals surface area contributed by atoms with Gasteiger partial charge in [0, 0.05) is 5.39 Å². The van der Waals surface area contributed by atoms with Crippen LogP contribution >= 0.6 is 0 Å². The number of phenolic OH excluding ortho intramolecular Hbond substituents is 1. The Kier molecular flexibility index (Phi) is 2.33. The summed E-state index contributed by atoms with van der Waals surface area (Å²) >= 11 is 0. The highest BCUT2D eigenvalue weighted by Gasteiger charge is 2.13. The molecule has 0 spiro atoms. The Hall–Kier alpha value is -2.35. The third kappa shape index (κ3) is 1.61. The first-order valence-electron chi connectivity index (χ1n) is 4.68. The SMILES string of the molecule is [C-]#[N+]c1nn(CC(C)=O)c2ccc(O)cc12. The number of nitrogens with zero attached hydrogens (tertiary/aromatic N) is 3. The molecular weight excluding hydrogens is 206 g/mol. The molecule has 1 aromatic heterocycles. The summed E-state index contributed by atoms with van der Waals surface area (Å²) in [4.78, 5) is 14.3. The smallest absolute Gasteiger partial charge is 0.303 e. The number of fused-ring (bicyclic) bond motifs is 1. The summed E-state index contributed by atoms with van der Waals surface area (Å²) in [5, 5.41) is 13.9. The number of phenols is 1. The van der Waals surface area contributed by atoms with E-state index in [2.05, 4.69) is 9.94 Å². The van der Waals surface area contributed by atoms with Crippen LogP contribution in [0.2, 0.25) is 0 Å². The first-order valence-corrected chi connectivity index (χ1v) is 4.68. The van der Waals surface area contributed by atoms with Crippen LogP contribution in [-0.4, -0.2) is 20.7 Å². The van der Waals surface area contributed by atoms with E-state index in [9.17, 15) is 9.90 Å². The van der Waals surface area contributed by atoms with Crippen LogP contribution in [0.4, 0.5) is 5.82 Å². The van der Waals surface area contributed by atoms with Gasteiger partial charge in [-0.3, -0.25) is 4.79 Å². The van der Waals surface area contributed by atoms with E-state index in [0.29, 0.717) is 10.9 Å². The summed E-state index contributed by atoms with van der Waals surface area (Å²) in [5.74, 6) is 0.251. The van der Waals surface area contributed by atoms with E-state index < -0.39 is 0 Å². The second kappa shape index (κ2) is 3.66. The van der Waals surface area contributed by atoms with Gasteiger partial charge in [-0.05, 0) is 30.2 Å². The average Bonchev–Trinajstić information content (AvgIpc) is 2.55. The first kappa shape index (κ1) is 10.2. The molecule has 0 bridgehead atoms. The molecule has 0 saturated heterocycles. The highest BCUT2D eigenvalue weighted by molar-refractivity contribution is 5.92. The molecule has 0 unspecified atom stereocenters. The van der Waals surface area contributed by atoms with E-state index in [1.54, 1.807) is 6.07 Å². The van der Waals surface area contributed by atoms with Crippen LogP contribution in [0.5, 0.6) is 5.75 Å². The molecule has 0 fully saturated rings. The molecule has 5 nitrogen and oxygen atoms in total. The standard InChI is InChI=1S/C11H9N3O2/c1-7(15)6-14-10-4-3-8(16)5-9(10)11(12-2)13-14/h3-5,16H,6H2,1H3. The van der Waals surface area contributed by atoms with Crippen molar-refractivity contribution in [2.24, 2.45) is 0 Å². The van der Waals surface area contributed by atoms with Crippen molar-refractivity contribution in [1.29, 1.82) is 0 Å². The molecule has 16 heavy (non-hydrogen) atoms. The average molecular weight is 215 g/mol. The molecule has 1 heterocycles. The number of aromatic nitrogens is 2. The van der Waals surface area contributed by atoms with E-state index in [4.69, 9.17) is 6.57 Å². The van der Waals surface area contributed by atoms with Gasteiger partial charge in [0.15, 0.2) is 5.78 Å². The summed E-state index contributed by atoms with van der Waals surface area (Å²) in [6, 6.07) is 4.63. The van der Waals surface area contributed by atoms with E-state index in [0.717, 1.165) is 0 Å². The van der Waals surface area contributed by atoms with Gasteiger partial charge in [0.05, 0.1) is 5.52 Å². The molecule has 0 aliphatic rings. The zero-order valence-corrected chi connectivity index (χ0v) is 8.64. The van der Waals surface area contributed by atoms with Crippen molar-refractivity contribution in [2.75, 3.05) is 0 Å². The summed E-state index contributed by atoms with van der Waals surface area (Å²) in [6.07, 6.45) is 0. The van der Waals surface area contributed by atoms with Crippen LogP contribution in [0, 0.1) is 6.57 Å². The molecular formula is C11H9N3O2. The molecule has 80 valence electrons. The second-order valence-electron chi connectivity index (χ2n) is 3.50. The van der Waals surface area contributed by atoms with Crippen LogP contribution < -0.4 is 0 Å². The van der Waals surface area contributed by atoms with Crippen LogP contribution in [0.3, 0.4) is 0 Å². The molecule has 2 aromatic rings. The van der Waals surface area contributed by atoms with Crippen molar-refractivity contribution in [3.05, 3.63) is 29.6 Å². The number of hydrogen-bond donors (Lipinski definition) is 1. The predicted molar refractivity (Wildman–Crippen MR) is 58.3 cm³/mol. The number of carbonyl (C=O) groups is 1. The summed E-state index contributed by atoms with van der Waals surface area (Å²) in [7, 11) is 0. The van der Waals surface area contributed by atoms with Crippen molar-refractivity contribution in [3.63, 3.8) is 0 Å². The first-order chi connectivity index (χ1) is 7.61. The Bertz CT molecular complexity index is 607. The lowest BCUT2D eigenvalue weighted by molar-refractivity contribution is -0.117. The minimum absolute atomic E-state index is 0.0333. The quantitative estimate of drug-likeness (QED) is 0.778. The van der Waals surface area contributed by atoms with Gasteiger partial charge in [0.1, 0.15) is 12.3 Å². The molecule has 0 saturated carbocycles. The molecule has 0 amide bonds. The Morgan fingerprint density at radius 3 is 3.00 bits per heavy atom. The number of ketones is 1. The lowest BCUT2D eigenvalue weighted by Crippen LogP contribution is -2.07. The van der Waals surface area contributed by atoms with Crippen molar-refractivity contribution in [2.45, 2.75) is 13.5 Å².